The van der Waals surface area contributed by atoms with Gasteiger partial charge in [-0.15, -0.1) is 0 Å². The SMILES string of the molecule is CCC1(c2ccc(F)cc2)NC(=O)N(CC(=O)Nc2ccc(F)c(F)c2)C1=O. The van der Waals surface area contributed by atoms with Crippen LogP contribution in [0.3, 0.4) is 0 Å². The molecule has 0 radical (unpaired) electrons. The lowest BCUT2D eigenvalue weighted by Gasteiger charge is -2.25. The van der Waals surface area contributed by atoms with Crippen molar-refractivity contribution in [2.24, 2.45) is 0 Å². The fraction of sp³-hybridized carbons (Fsp3) is 0.211. The lowest BCUT2D eigenvalue weighted by atomic mass is 9.87. The molecule has 4 amide bonds. The van der Waals surface area contributed by atoms with E-state index in [4.69, 9.17) is 0 Å². The van der Waals surface area contributed by atoms with Crippen molar-refractivity contribution in [3.63, 3.8) is 0 Å². The van der Waals surface area contributed by atoms with E-state index in [1.54, 1.807) is 6.92 Å². The summed E-state index contributed by atoms with van der Waals surface area (Å²) >= 11 is 0. The summed E-state index contributed by atoms with van der Waals surface area (Å²) in [6.45, 7) is 1.05. The van der Waals surface area contributed by atoms with Gasteiger partial charge in [0, 0.05) is 11.8 Å². The molecule has 2 aromatic rings. The third-order valence-corrected chi connectivity index (χ3v) is 4.55. The Balaban J connectivity index is 1.78. The summed E-state index contributed by atoms with van der Waals surface area (Å²) in [5.74, 6) is -4.13. The minimum atomic E-state index is -1.41. The largest absolute Gasteiger partial charge is 0.325 e. The van der Waals surface area contributed by atoms with E-state index in [0.29, 0.717) is 5.56 Å². The van der Waals surface area contributed by atoms with Crippen LogP contribution in [0.15, 0.2) is 42.5 Å². The maximum atomic E-state index is 13.2. The van der Waals surface area contributed by atoms with Gasteiger partial charge >= 0.3 is 6.03 Å². The monoisotopic (exact) mass is 391 g/mol. The molecule has 2 aromatic carbocycles. The summed E-state index contributed by atoms with van der Waals surface area (Å²) in [5, 5.41) is 4.87. The van der Waals surface area contributed by atoms with Gasteiger partial charge in [-0.2, -0.15) is 0 Å². The number of carbonyl (C=O) groups is 3. The Morgan fingerprint density at radius 1 is 1.07 bits per heavy atom. The van der Waals surface area contributed by atoms with Gasteiger partial charge in [0.1, 0.15) is 17.9 Å². The number of hydrogen-bond acceptors (Lipinski definition) is 3. The number of amides is 4. The van der Waals surface area contributed by atoms with Crippen molar-refractivity contribution in [3.8, 4) is 0 Å². The zero-order valence-corrected chi connectivity index (χ0v) is 14.8. The highest BCUT2D eigenvalue weighted by atomic mass is 19.2. The third-order valence-electron chi connectivity index (χ3n) is 4.55. The van der Waals surface area contributed by atoms with Crippen molar-refractivity contribution in [2.75, 3.05) is 11.9 Å². The molecule has 9 heteroatoms. The summed E-state index contributed by atoms with van der Waals surface area (Å²) in [5.41, 5.74) is -1.04. The number of imide groups is 1. The van der Waals surface area contributed by atoms with Crippen molar-refractivity contribution in [1.29, 1.82) is 0 Å². The number of hydrogen-bond donors (Lipinski definition) is 2. The molecule has 6 nitrogen and oxygen atoms in total. The Hall–Kier alpha value is -3.36. The fourth-order valence-electron chi connectivity index (χ4n) is 3.06. The first-order chi connectivity index (χ1) is 13.3. The zero-order chi connectivity index (χ0) is 20.5. The molecule has 1 atom stereocenters. The zero-order valence-electron chi connectivity index (χ0n) is 14.8. The fourth-order valence-corrected chi connectivity index (χ4v) is 3.06. The number of urea groups is 1. The van der Waals surface area contributed by atoms with E-state index in [9.17, 15) is 27.6 Å². The van der Waals surface area contributed by atoms with Gasteiger partial charge < -0.3 is 10.6 Å². The summed E-state index contributed by atoms with van der Waals surface area (Å²) in [6, 6.07) is 7.12. The molecule has 1 aliphatic heterocycles. The highest BCUT2D eigenvalue weighted by Crippen LogP contribution is 2.32. The van der Waals surface area contributed by atoms with Crippen LogP contribution in [0.25, 0.3) is 0 Å². The van der Waals surface area contributed by atoms with E-state index in [1.165, 1.54) is 24.3 Å². The number of nitrogens with one attached hydrogen (secondary N) is 2. The number of benzene rings is 2. The van der Waals surface area contributed by atoms with E-state index in [1.807, 2.05) is 0 Å². The summed E-state index contributed by atoms with van der Waals surface area (Å²) in [6.07, 6.45) is 0.185. The second-order valence-corrected chi connectivity index (χ2v) is 6.26. The summed E-state index contributed by atoms with van der Waals surface area (Å²) in [7, 11) is 0. The topological polar surface area (TPSA) is 78.5 Å². The summed E-state index contributed by atoms with van der Waals surface area (Å²) < 4.78 is 39.4. The van der Waals surface area contributed by atoms with Crippen molar-refractivity contribution >= 4 is 23.5 Å². The van der Waals surface area contributed by atoms with Gasteiger partial charge in [-0.25, -0.2) is 18.0 Å². The van der Waals surface area contributed by atoms with Crippen LogP contribution in [0.1, 0.15) is 18.9 Å². The first-order valence-electron chi connectivity index (χ1n) is 8.42. The quantitative estimate of drug-likeness (QED) is 0.770. The lowest BCUT2D eigenvalue weighted by molar-refractivity contribution is -0.134. The molecule has 0 bridgehead atoms. The Bertz CT molecular complexity index is 949. The highest BCUT2D eigenvalue weighted by molar-refractivity contribution is 6.10. The maximum absolute atomic E-state index is 13.2. The first-order valence-corrected chi connectivity index (χ1v) is 8.42. The number of rotatable bonds is 5. The van der Waals surface area contributed by atoms with Crippen molar-refractivity contribution in [3.05, 3.63) is 65.5 Å². The van der Waals surface area contributed by atoms with E-state index < -0.39 is 47.4 Å². The average molecular weight is 391 g/mol. The van der Waals surface area contributed by atoms with E-state index in [-0.39, 0.29) is 12.1 Å². The second kappa shape index (κ2) is 7.34. The van der Waals surface area contributed by atoms with Crippen molar-refractivity contribution < 1.29 is 27.6 Å². The van der Waals surface area contributed by atoms with Crippen LogP contribution >= 0.6 is 0 Å². The molecular formula is C19H16F3N3O3. The van der Waals surface area contributed by atoms with Crippen LogP contribution < -0.4 is 10.6 Å². The van der Waals surface area contributed by atoms with Crippen molar-refractivity contribution in [1.82, 2.24) is 10.2 Å². The lowest BCUT2D eigenvalue weighted by Crippen LogP contribution is -2.44. The molecule has 0 spiro atoms. The molecular weight excluding hydrogens is 375 g/mol. The number of nitrogens with zero attached hydrogens (tertiary/aromatic N) is 1. The molecule has 0 aromatic heterocycles. The predicted molar refractivity (Wildman–Crippen MR) is 93.6 cm³/mol. The second-order valence-electron chi connectivity index (χ2n) is 6.26. The van der Waals surface area contributed by atoms with Gasteiger partial charge in [-0.1, -0.05) is 19.1 Å². The molecule has 146 valence electrons. The van der Waals surface area contributed by atoms with E-state index >= 15 is 0 Å². The molecule has 0 aliphatic carbocycles. The van der Waals surface area contributed by atoms with Crippen LogP contribution in [0, 0.1) is 17.5 Å². The number of carbonyl (C=O) groups excluding carboxylic acids is 3. The van der Waals surface area contributed by atoms with Gasteiger partial charge in [0.15, 0.2) is 11.6 Å². The van der Waals surface area contributed by atoms with Crippen LogP contribution in [-0.2, 0) is 15.1 Å². The number of anilines is 1. The third kappa shape index (κ3) is 3.42. The average Bonchev–Trinajstić information content (AvgIpc) is 2.90. The van der Waals surface area contributed by atoms with E-state index in [2.05, 4.69) is 10.6 Å². The number of halogens is 3. The molecule has 1 heterocycles. The van der Waals surface area contributed by atoms with Crippen LogP contribution in [-0.4, -0.2) is 29.3 Å². The standard InChI is InChI=1S/C19H16F3N3O3/c1-2-19(11-3-5-12(20)6-4-11)17(27)25(18(28)24-19)10-16(26)23-13-7-8-14(21)15(22)9-13/h3-9H,2,10H2,1H3,(H,23,26)(H,24,28). The van der Waals surface area contributed by atoms with Crippen molar-refractivity contribution in [2.45, 2.75) is 18.9 Å². The molecule has 1 saturated heterocycles. The normalized spacial score (nSPS) is 18.9. The van der Waals surface area contributed by atoms with Crippen LogP contribution in [0.4, 0.5) is 23.7 Å². The predicted octanol–water partition coefficient (Wildman–Crippen LogP) is 2.90. The minimum absolute atomic E-state index is 0.0174. The summed E-state index contributed by atoms with van der Waals surface area (Å²) in [4.78, 5) is 38.1. The first kappa shape index (κ1) is 19.4. The van der Waals surface area contributed by atoms with Gasteiger partial charge in [0.25, 0.3) is 5.91 Å². The Labute approximate surface area is 158 Å². The smallest absolute Gasteiger partial charge is 0.324 e. The molecule has 2 N–H and O–H groups in total. The molecule has 3 rings (SSSR count). The van der Waals surface area contributed by atoms with Crippen LogP contribution in [0.5, 0.6) is 0 Å². The molecule has 28 heavy (non-hydrogen) atoms. The Morgan fingerprint density at radius 2 is 1.75 bits per heavy atom. The molecule has 1 aliphatic rings. The van der Waals surface area contributed by atoms with E-state index in [0.717, 1.165) is 23.1 Å². The van der Waals surface area contributed by atoms with Gasteiger partial charge in [0.2, 0.25) is 5.91 Å². The van der Waals surface area contributed by atoms with Gasteiger partial charge in [-0.3, -0.25) is 14.5 Å². The Morgan fingerprint density at radius 3 is 2.36 bits per heavy atom. The maximum Gasteiger partial charge on any atom is 0.325 e. The van der Waals surface area contributed by atoms with Gasteiger partial charge in [-0.05, 0) is 36.2 Å². The molecule has 1 unspecified atom stereocenters. The molecule has 0 saturated carbocycles. The minimum Gasteiger partial charge on any atom is -0.324 e. The molecule has 1 fully saturated rings. The Kier molecular flexibility index (Phi) is 5.08. The highest BCUT2D eigenvalue weighted by Gasteiger charge is 2.51. The van der Waals surface area contributed by atoms with Crippen LogP contribution in [0.2, 0.25) is 0 Å². The van der Waals surface area contributed by atoms with Gasteiger partial charge in [0.05, 0.1) is 0 Å².